The summed E-state index contributed by atoms with van der Waals surface area (Å²) >= 11 is 4.65. The van der Waals surface area contributed by atoms with Crippen molar-refractivity contribution in [3.63, 3.8) is 0 Å². The van der Waals surface area contributed by atoms with Gasteiger partial charge in [-0.25, -0.2) is 0 Å². The van der Waals surface area contributed by atoms with E-state index in [0.717, 1.165) is 21.3 Å². The lowest BCUT2D eigenvalue weighted by Gasteiger charge is -2.11. The number of halogens is 1. The second kappa shape index (κ2) is 10.8. The Morgan fingerprint density at radius 2 is 1.79 bits per heavy atom. The van der Waals surface area contributed by atoms with Crippen molar-refractivity contribution in [3.05, 3.63) is 82.6 Å². The van der Waals surface area contributed by atoms with Gasteiger partial charge in [0.05, 0.1) is 18.1 Å². The van der Waals surface area contributed by atoms with Crippen LogP contribution >= 0.6 is 27.7 Å². The van der Waals surface area contributed by atoms with Crippen LogP contribution in [0, 0.1) is 0 Å². The third-order valence-electron chi connectivity index (χ3n) is 4.06. The van der Waals surface area contributed by atoms with Crippen molar-refractivity contribution in [2.45, 2.75) is 13.1 Å². The van der Waals surface area contributed by atoms with E-state index in [-0.39, 0.29) is 23.3 Å². The van der Waals surface area contributed by atoms with Crippen LogP contribution in [0.5, 0.6) is 0 Å². The smallest absolute Gasteiger partial charge is 0.234 e. The van der Waals surface area contributed by atoms with Crippen LogP contribution in [0.1, 0.15) is 11.1 Å². The van der Waals surface area contributed by atoms with Gasteiger partial charge in [-0.15, -0.1) is 11.8 Å². The molecule has 0 fully saturated rings. The number of hydrogen-bond acceptors (Lipinski definition) is 4. The Balaban J connectivity index is 1.41. The Hall–Kier alpha value is -2.58. The standard InChI is InChI=1S/C21H21BrN4O2S/c22-18-7-3-8-19(11-18)25-21(28)15-29-14-20(27)23-12-16-5-1-2-6-17(16)13-26-10-4-9-24-26/h1-11H,12-15H2,(H,23,27)(H,25,28). The molecule has 0 atom stereocenters. The van der Waals surface area contributed by atoms with E-state index in [4.69, 9.17) is 0 Å². The van der Waals surface area contributed by atoms with E-state index < -0.39 is 0 Å². The molecule has 6 nitrogen and oxygen atoms in total. The molecule has 0 aliphatic heterocycles. The van der Waals surface area contributed by atoms with Crippen LogP contribution < -0.4 is 10.6 Å². The summed E-state index contributed by atoms with van der Waals surface area (Å²) in [5.74, 6) is 0.216. The number of carbonyl (C=O) groups excluding carboxylic acids is 2. The van der Waals surface area contributed by atoms with Gasteiger partial charge in [0.1, 0.15) is 0 Å². The molecule has 29 heavy (non-hydrogen) atoms. The number of carbonyl (C=O) groups is 2. The lowest BCUT2D eigenvalue weighted by Crippen LogP contribution is -2.26. The van der Waals surface area contributed by atoms with E-state index in [0.29, 0.717) is 13.1 Å². The summed E-state index contributed by atoms with van der Waals surface area (Å²) in [6.45, 7) is 1.10. The van der Waals surface area contributed by atoms with E-state index >= 15 is 0 Å². The number of nitrogens with one attached hydrogen (secondary N) is 2. The molecule has 0 bridgehead atoms. The topological polar surface area (TPSA) is 76.0 Å². The summed E-state index contributed by atoms with van der Waals surface area (Å²) in [6, 6.07) is 17.2. The van der Waals surface area contributed by atoms with Crippen LogP contribution in [0.3, 0.4) is 0 Å². The first-order chi connectivity index (χ1) is 14.1. The molecule has 3 aromatic rings. The van der Waals surface area contributed by atoms with Crippen molar-refractivity contribution < 1.29 is 9.59 Å². The fraction of sp³-hybridized carbons (Fsp3) is 0.190. The highest BCUT2D eigenvalue weighted by Gasteiger charge is 2.08. The lowest BCUT2D eigenvalue weighted by atomic mass is 10.1. The van der Waals surface area contributed by atoms with Crippen LogP contribution in [0.25, 0.3) is 0 Å². The van der Waals surface area contributed by atoms with Crippen LogP contribution in [-0.2, 0) is 22.7 Å². The molecular weight excluding hydrogens is 452 g/mol. The second-order valence-corrected chi connectivity index (χ2v) is 8.20. The molecule has 0 saturated heterocycles. The van der Waals surface area contributed by atoms with Crippen molar-refractivity contribution in [3.8, 4) is 0 Å². The lowest BCUT2D eigenvalue weighted by molar-refractivity contribution is -0.118. The van der Waals surface area contributed by atoms with E-state index in [1.807, 2.05) is 65.5 Å². The van der Waals surface area contributed by atoms with Crippen molar-refractivity contribution in [1.29, 1.82) is 0 Å². The Morgan fingerprint density at radius 1 is 1.00 bits per heavy atom. The first-order valence-electron chi connectivity index (χ1n) is 9.04. The summed E-state index contributed by atoms with van der Waals surface area (Å²) in [4.78, 5) is 24.1. The zero-order chi connectivity index (χ0) is 20.5. The van der Waals surface area contributed by atoms with Crippen molar-refractivity contribution in [2.24, 2.45) is 0 Å². The van der Waals surface area contributed by atoms with Gasteiger partial charge in [-0.1, -0.05) is 46.3 Å². The van der Waals surface area contributed by atoms with E-state index in [9.17, 15) is 9.59 Å². The van der Waals surface area contributed by atoms with Gasteiger partial charge in [0.25, 0.3) is 0 Å². The summed E-state index contributed by atoms with van der Waals surface area (Å²) in [5.41, 5.74) is 2.88. The first kappa shape index (κ1) is 21.1. The van der Waals surface area contributed by atoms with Crippen molar-refractivity contribution >= 4 is 45.2 Å². The van der Waals surface area contributed by atoms with E-state index in [1.54, 1.807) is 6.20 Å². The highest BCUT2D eigenvalue weighted by atomic mass is 79.9. The molecular formula is C21H21BrN4O2S. The average molecular weight is 473 g/mol. The largest absolute Gasteiger partial charge is 0.351 e. The summed E-state index contributed by atoms with van der Waals surface area (Å²) in [6.07, 6.45) is 3.65. The number of thioether (sulfide) groups is 1. The maximum Gasteiger partial charge on any atom is 0.234 e. The zero-order valence-electron chi connectivity index (χ0n) is 15.7. The molecule has 1 aromatic heterocycles. The normalized spacial score (nSPS) is 10.5. The van der Waals surface area contributed by atoms with Gasteiger partial charge in [-0.2, -0.15) is 5.10 Å². The van der Waals surface area contributed by atoms with Crippen LogP contribution in [-0.4, -0.2) is 33.1 Å². The highest BCUT2D eigenvalue weighted by Crippen LogP contribution is 2.16. The quantitative estimate of drug-likeness (QED) is 0.497. The summed E-state index contributed by atoms with van der Waals surface area (Å²) in [5, 5.41) is 9.96. The molecule has 8 heteroatoms. The van der Waals surface area contributed by atoms with Gasteiger partial charge in [0, 0.05) is 29.1 Å². The molecule has 0 spiro atoms. The minimum atomic E-state index is -0.134. The third kappa shape index (κ3) is 7.07. The molecule has 0 unspecified atom stereocenters. The second-order valence-electron chi connectivity index (χ2n) is 6.30. The van der Waals surface area contributed by atoms with Crippen molar-refractivity contribution in [1.82, 2.24) is 15.1 Å². The minimum absolute atomic E-state index is 0.0980. The first-order valence-corrected chi connectivity index (χ1v) is 11.0. The fourth-order valence-electron chi connectivity index (χ4n) is 2.70. The van der Waals surface area contributed by atoms with Crippen molar-refractivity contribution in [2.75, 3.05) is 16.8 Å². The van der Waals surface area contributed by atoms with Gasteiger partial charge in [-0.3, -0.25) is 14.3 Å². The van der Waals surface area contributed by atoms with Gasteiger partial charge in [0.2, 0.25) is 11.8 Å². The maximum atomic E-state index is 12.1. The highest BCUT2D eigenvalue weighted by molar-refractivity contribution is 9.10. The third-order valence-corrected chi connectivity index (χ3v) is 5.49. The predicted molar refractivity (Wildman–Crippen MR) is 120 cm³/mol. The molecule has 2 amide bonds. The number of anilines is 1. The van der Waals surface area contributed by atoms with Crippen LogP contribution in [0.4, 0.5) is 5.69 Å². The molecule has 2 N–H and O–H groups in total. The number of rotatable bonds is 9. The molecule has 1 heterocycles. The van der Waals surface area contributed by atoms with Crippen LogP contribution in [0.2, 0.25) is 0 Å². The molecule has 0 aliphatic rings. The average Bonchev–Trinajstić information content (AvgIpc) is 3.20. The van der Waals surface area contributed by atoms with E-state index in [2.05, 4.69) is 31.7 Å². The maximum absolute atomic E-state index is 12.1. The SMILES string of the molecule is O=C(CSCC(=O)Nc1cccc(Br)c1)NCc1ccccc1Cn1cccn1. The summed E-state index contributed by atoms with van der Waals surface area (Å²) in [7, 11) is 0. The Bertz CT molecular complexity index is 963. The van der Waals surface area contributed by atoms with Gasteiger partial charge < -0.3 is 10.6 Å². The number of hydrogen-bond donors (Lipinski definition) is 2. The zero-order valence-corrected chi connectivity index (χ0v) is 18.1. The molecule has 3 rings (SSSR count). The minimum Gasteiger partial charge on any atom is -0.351 e. The van der Waals surface area contributed by atoms with E-state index in [1.165, 1.54) is 11.8 Å². The number of benzene rings is 2. The van der Waals surface area contributed by atoms with Gasteiger partial charge in [0.15, 0.2) is 0 Å². The monoisotopic (exact) mass is 472 g/mol. The summed E-state index contributed by atoms with van der Waals surface area (Å²) < 4.78 is 2.75. The molecule has 0 radical (unpaired) electrons. The molecule has 0 saturated carbocycles. The Kier molecular flexibility index (Phi) is 7.89. The molecule has 150 valence electrons. The Labute approximate surface area is 182 Å². The van der Waals surface area contributed by atoms with Gasteiger partial charge >= 0.3 is 0 Å². The number of nitrogens with zero attached hydrogens (tertiary/aromatic N) is 2. The molecule has 2 aromatic carbocycles. The predicted octanol–water partition coefficient (Wildman–Crippen LogP) is 3.68. The fourth-order valence-corrected chi connectivity index (χ4v) is 3.74. The Morgan fingerprint density at radius 3 is 2.55 bits per heavy atom. The van der Waals surface area contributed by atoms with Gasteiger partial charge in [-0.05, 0) is 35.4 Å². The molecule has 0 aliphatic carbocycles. The number of aromatic nitrogens is 2. The van der Waals surface area contributed by atoms with Crippen LogP contribution in [0.15, 0.2) is 71.5 Å². The number of amides is 2.